The summed E-state index contributed by atoms with van der Waals surface area (Å²) >= 11 is 0. The molecule has 39 heavy (non-hydrogen) atoms. The van der Waals surface area contributed by atoms with E-state index in [1.54, 1.807) is 19.9 Å². The Balaban J connectivity index is 2.03. The van der Waals surface area contributed by atoms with Crippen molar-refractivity contribution in [2.24, 2.45) is 5.92 Å². The number of cyclic esters (lactones) is 1. The Labute approximate surface area is 225 Å². The maximum atomic E-state index is 13.7. The number of allylic oxidation sites excluding steroid dienone is 2. The number of benzene rings is 1. The van der Waals surface area contributed by atoms with Gasteiger partial charge in [0.05, 0.1) is 24.3 Å². The number of rotatable bonds is 11. The van der Waals surface area contributed by atoms with E-state index in [2.05, 4.69) is 10.2 Å². The zero-order valence-electron chi connectivity index (χ0n) is 22.9. The highest BCUT2D eigenvalue weighted by Crippen LogP contribution is 2.44. The molecule has 1 fully saturated rings. The van der Waals surface area contributed by atoms with E-state index < -0.39 is 36.0 Å². The summed E-state index contributed by atoms with van der Waals surface area (Å²) in [5, 5.41) is 13.0. The fourth-order valence-corrected chi connectivity index (χ4v) is 5.17. The van der Waals surface area contributed by atoms with Crippen molar-refractivity contribution >= 4 is 23.5 Å². The van der Waals surface area contributed by atoms with Gasteiger partial charge in [-0.05, 0) is 52.5 Å². The molecule has 1 unspecified atom stereocenters. The third-order valence-corrected chi connectivity index (χ3v) is 7.17. The standard InChI is InChI=1S/C27H36F3N3O6/c1-15(2)33(26(37)27(28,29)30)22-19(23(38-5)17(4)20-13-39-25(36)21(20)22)7-6-16(3)12-18(24(34)35)8-10-32-11-9-31-14-32/h6,15,18,31H,7-14H2,1-5H3,(H,34,35)/b16-6+. The number of nitrogens with zero attached hydrogens (tertiary/aromatic N) is 2. The SMILES string of the molecule is COc1c(C)c2c(c(N(C(=O)C(F)(F)F)C(C)C)c1C/C=C(\C)CC(CCN1CCNC1)C(=O)O)C(=O)OC2. The van der Waals surface area contributed by atoms with Gasteiger partial charge >= 0.3 is 24.0 Å². The summed E-state index contributed by atoms with van der Waals surface area (Å²) in [5.74, 6) is -4.22. The van der Waals surface area contributed by atoms with Crippen molar-refractivity contribution < 1.29 is 42.1 Å². The minimum atomic E-state index is -5.18. The van der Waals surface area contributed by atoms with Gasteiger partial charge in [0.2, 0.25) is 0 Å². The van der Waals surface area contributed by atoms with Gasteiger partial charge in [-0.3, -0.25) is 14.5 Å². The fraction of sp³-hybridized carbons (Fsp3) is 0.593. The van der Waals surface area contributed by atoms with Crippen molar-refractivity contribution in [3.05, 3.63) is 33.9 Å². The number of methoxy groups -OCH3 is 1. The third-order valence-electron chi connectivity index (χ3n) is 7.17. The lowest BCUT2D eigenvalue weighted by Gasteiger charge is -2.32. The molecule has 9 nitrogen and oxygen atoms in total. The number of amides is 1. The molecule has 12 heteroatoms. The first-order chi connectivity index (χ1) is 18.3. The van der Waals surface area contributed by atoms with E-state index >= 15 is 0 Å². The molecular weight excluding hydrogens is 519 g/mol. The molecule has 0 saturated carbocycles. The lowest BCUT2D eigenvalue weighted by Crippen LogP contribution is -2.46. The summed E-state index contributed by atoms with van der Waals surface area (Å²) < 4.78 is 51.8. The topological polar surface area (TPSA) is 108 Å². The molecule has 216 valence electrons. The molecule has 0 radical (unpaired) electrons. The summed E-state index contributed by atoms with van der Waals surface area (Å²) in [7, 11) is 1.37. The number of carbonyl (C=O) groups excluding carboxylic acids is 2. The number of carboxylic acid groups (broad SMARTS) is 1. The van der Waals surface area contributed by atoms with Gasteiger partial charge in [0.25, 0.3) is 0 Å². The lowest BCUT2D eigenvalue weighted by molar-refractivity contribution is -0.170. The number of hydrogen-bond donors (Lipinski definition) is 2. The second-order valence-corrected chi connectivity index (χ2v) is 10.2. The van der Waals surface area contributed by atoms with Crippen molar-refractivity contribution in [2.45, 2.75) is 65.8 Å². The lowest BCUT2D eigenvalue weighted by atomic mass is 9.91. The molecule has 1 atom stereocenters. The Hall–Kier alpha value is -3.12. The Morgan fingerprint density at radius 2 is 2.00 bits per heavy atom. The van der Waals surface area contributed by atoms with Crippen LogP contribution in [0.2, 0.25) is 0 Å². The van der Waals surface area contributed by atoms with Crippen LogP contribution in [0, 0.1) is 12.8 Å². The fourth-order valence-electron chi connectivity index (χ4n) is 5.17. The first-order valence-corrected chi connectivity index (χ1v) is 12.9. The predicted octanol–water partition coefficient (Wildman–Crippen LogP) is 3.81. The number of fused-ring (bicyclic) bond motifs is 1. The van der Waals surface area contributed by atoms with E-state index in [-0.39, 0.29) is 42.0 Å². The van der Waals surface area contributed by atoms with Gasteiger partial charge in [-0.2, -0.15) is 13.2 Å². The van der Waals surface area contributed by atoms with E-state index in [1.807, 2.05) is 0 Å². The van der Waals surface area contributed by atoms with Gasteiger partial charge in [0.15, 0.2) is 0 Å². The van der Waals surface area contributed by atoms with Crippen LogP contribution in [0.15, 0.2) is 11.6 Å². The van der Waals surface area contributed by atoms with Gasteiger partial charge < -0.3 is 24.8 Å². The van der Waals surface area contributed by atoms with Crippen LogP contribution >= 0.6 is 0 Å². The summed E-state index contributed by atoms with van der Waals surface area (Å²) in [5.41, 5.74) is 1.59. The molecular formula is C27H36F3N3O6. The molecule has 1 saturated heterocycles. The van der Waals surface area contributed by atoms with Crippen LogP contribution in [0.1, 0.15) is 60.7 Å². The Kier molecular flexibility index (Phi) is 9.65. The van der Waals surface area contributed by atoms with Crippen LogP contribution in [0.25, 0.3) is 0 Å². The number of nitrogens with one attached hydrogen (secondary N) is 1. The Bertz CT molecular complexity index is 1140. The smallest absolute Gasteiger partial charge is 0.471 e. The van der Waals surface area contributed by atoms with Crippen molar-refractivity contribution in [1.29, 1.82) is 0 Å². The second-order valence-electron chi connectivity index (χ2n) is 10.2. The largest absolute Gasteiger partial charge is 0.496 e. The van der Waals surface area contributed by atoms with E-state index in [4.69, 9.17) is 9.47 Å². The number of carboxylic acids is 1. The van der Waals surface area contributed by atoms with Crippen molar-refractivity contribution in [3.8, 4) is 5.75 Å². The molecule has 3 rings (SSSR count). The summed E-state index contributed by atoms with van der Waals surface area (Å²) in [4.78, 5) is 40.0. The van der Waals surface area contributed by atoms with Crippen LogP contribution in [0.4, 0.5) is 18.9 Å². The van der Waals surface area contributed by atoms with Crippen LogP contribution in [0.3, 0.4) is 0 Å². The van der Waals surface area contributed by atoms with Crippen LogP contribution in [-0.2, 0) is 27.4 Å². The van der Waals surface area contributed by atoms with Gasteiger partial charge in [-0.1, -0.05) is 11.6 Å². The molecule has 1 amide bonds. The predicted molar refractivity (Wildman–Crippen MR) is 138 cm³/mol. The van der Waals surface area contributed by atoms with E-state index in [1.165, 1.54) is 21.0 Å². The van der Waals surface area contributed by atoms with Gasteiger partial charge in [0.1, 0.15) is 12.4 Å². The highest BCUT2D eigenvalue weighted by molar-refractivity contribution is 6.08. The number of hydrogen-bond acceptors (Lipinski definition) is 7. The quantitative estimate of drug-likeness (QED) is 0.314. The highest BCUT2D eigenvalue weighted by atomic mass is 19.4. The summed E-state index contributed by atoms with van der Waals surface area (Å²) in [6.07, 6.45) is -2.75. The number of ether oxygens (including phenoxy) is 2. The molecule has 2 aliphatic rings. The van der Waals surface area contributed by atoms with Gasteiger partial charge in [-0.25, -0.2) is 4.79 Å². The molecule has 0 aromatic heterocycles. The molecule has 2 aliphatic heterocycles. The van der Waals surface area contributed by atoms with Crippen LogP contribution in [0.5, 0.6) is 5.75 Å². The minimum absolute atomic E-state index is 0.0164. The molecule has 2 heterocycles. The van der Waals surface area contributed by atoms with Gasteiger partial charge in [0, 0.05) is 43.5 Å². The number of aliphatic carboxylic acids is 1. The first kappa shape index (κ1) is 30.4. The van der Waals surface area contributed by atoms with Crippen LogP contribution < -0.4 is 15.0 Å². The molecule has 2 N–H and O–H groups in total. The van der Waals surface area contributed by atoms with E-state index in [0.717, 1.165) is 13.1 Å². The molecule has 1 aromatic rings. The number of halogens is 3. The Morgan fingerprint density at radius 3 is 2.54 bits per heavy atom. The first-order valence-electron chi connectivity index (χ1n) is 12.9. The zero-order valence-corrected chi connectivity index (χ0v) is 22.9. The van der Waals surface area contributed by atoms with Crippen molar-refractivity contribution in [1.82, 2.24) is 10.2 Å². The summed E-state index contributed by atoms with van der Waals surface area (Å²) in [6, 6.07) is -0.940. The number of esters is 1. The Morgan fingerprint density at radius 1 is 1.31 bits per heavy atom. The average Bonchev–Trinajstić information content (AvgIpc) is 3.51. The minimum Gasteiger partial charge on any atom is -0.496 e. The van der Waals surface area contributed by atoms with Gasteiger partial charge in [-0.15, -0.1) is 0 Å². The van der Waals surface area contributed by atoms with Crippen molar-refractivity contribution in [3.63, 3.8) is 0 Å². The second kappa shape index (κ2) is 12.4. The molecule has 0 spiro atoms. The molecule has 1 aromatic carbocycles. The number of alkyl halides is 3. The van der Waals surface area contributed by atoms with Crippen LogP contribution in [-0.4, -0.2) is 73.5 Å². The molecule has 0 bridgehead atoms. The zero-order chi connectivity index (χ0) is 29.1. The maximum absolute atomic E-state index is 13.7. The number of carbonyl (C=O) groups is 3. The van der Waals surface area contributed by atoms with Crippen molar-refractivity contribution in [2.75, 3.05) is 38.3 Å². The maximum Gasteiger partial charge on any atom is 0.471 e. The highest BCUT2D eigenvalue weighted by Gasteiger charge is 2.47. The third kappa shape index (κ3) is 6.73. The normalized spacial score (nSPS) is 16.8. The molecule has 0 aliphatic carbocycles. The van der Waals surface area contributed by atoms with E-state index in [0.29, 0.717) is 41.2 Å². The summed E-state index contributed by atoms with van der Waals surface area (Å²) in [6.45, 7) is 9.22. The monoisotopic (exact) mass is 555 g/mol. The number of anilines is 1. The van der Waals surface area contributed by atoms with E-state index in [9.17, 15) is 32.7 Å². The average molecular weight is 556 g/mol.